The number of aromatic nitrogens is 3. The van der Waals surface area contributed by atoms with Gasteiger partial charge in [-0.05, 0) is 12.5 Å². The summed E-state index contributed by atoms with van der Waals surface area (Å²) >= 11 is 6.73. The molecule has 5 rings (SSSR count). The van der Waals surface area contributed by atoms with Gasteiger partial charge < -0.3 is 18.9 Å². The van der Waals surface area contributed by atoms with Crippen molar-refractivity contribution >= 4 is 28.4 Å². The van der Waals surface area contributed by atoms with Crippen molar-refractivity contribution < 1.29 is 14.3 Å². The molecule has 8 heteroatoms. The third kappa shape index (κ3) is 3.41. The average Bonchev–Trinajstić information content (AvgIpc) is 3.30. The molecule has 1 N–H and O–H groups in total. The Labute approximate surface area is 179 Å². The second kappa shape index (κ2) is 8.06. The number of hydrogen-bond acceptors (Lipinski definition) is 4. The molecule has 2 aromatic heterocycles. The highest BCUT2D eigenvalue weighted by Crippen LogP contribution is 2.40. The van der Waals surface area contributed by atoms with E-state index in [4.69, 9.17) is 21.1 Å². The van der Waals surface area contributed by atoms with E-state index < -0.39 is 0 Å². The van der Waals surface area contributed by atoms with Crippen molar-refractivity contribution in [3.63, 3.8) is 0 Å². The van der Waals surface area contributed by atoms with Crippen molar-refractivity contribution in [3.05, 3.63) is 40.8 Å². The van der Waals surface area contributed by atoms with Gasteiger partial charge in [-0.2, -0.15) is 5.10 Å². The van der Waals surface area contributed by atoms with Gasteiger partial charge in [0.1, 0.15) is 0 Å². The Kier molecular flexibility index (Phi) is 5.26. The molecule has 4 heterocycles. The maximum atomic E-state index is 13.1. The molecule has 7 nitrogen and oxygen atoms in total. The molecule has 1 fully saturated rings. The number of rotatable bonds is 3. The Morgan fingerprint density at radius 1 is 1.27 bits per heavy atom. The number of aryl methyl sites for hydroxylation is 1. The fourth-order valence-corrected chi connectivity index (χ4v) is 4.80. The molecule has 0 spiro atoms. The molecule has 0 aliphatic carbocycles. The Morgan fingerprint density at radius 2 is 2.07 bits per heavy atom. The van der Waals surface area contributed by atoms with E-state index in [1.165, 1.54) is 0 Å². The molecule has 30 heavy (non-hydrogen) atoms. The van der Waals surface area contributed by atoms with Crippen LogP contribution in [0.2, 0.25) is 5.02 Å². The largest absolute Gasteiger partial charge is 0.379 e. The molecular formula is C22H25ClN4O3. The molecule has 0 saturated carbocycles. The summed E-state index contributed by atoms with van der Waals surface area (Å²) in [5.41, 5.74) is 5.30. The fourth-order valence-electron chi connectivity index (χ4n) is 4.53. The molecule has 1 amide bonds. The number of H-pyrrole nitrogens is 1. The van der Waals surface area contributed by atoms with E-state index in [0.29, 0.717) is 45.9 Å². The number of aromatic amines is 1. The number of hydrogen-bond donors (Lipinski definition) is 1. The summed E-state index contributed by atoms with van der Waals surface area (Å²) in [6.45, 7) is 6.32. The van der Waals surface area contributed by atoms with Crippen LogP contribution < -0.4 is 0 Å². The highest BCUT2D eigenvalue weighted by molar-refractivity contribution is 6.36. The first-order valence-corrected chi connectivity index (χ1v) is 10.7. The van der Waals surface area contributed by atoms with Crippen LogP contribution in [0.5, 0.6) is 0 Å². The van der Waals surface area contributed by atoms with Gasteiger partial charge in [0.25, 0.3) is 0 Å². The first kappa shape index (κ1) is 19.6. The maximum absolute atomic E-state index is 13.1. The van der Waals surface area contributed by atoms with E-state index in [9.17, 15) is 4.79 Å². The minimum atomic E-state index is 0.109. The van der Waals surface area contributed by atoms with Gasteiger partial charge in [0.05, 0.1) is 49.7 Å². The maximum Gasteiger partial charge on any atom is 0.223 e. The topological polar surface area (TPSA) is 72.4 Å². The smallest absolute Gasteiger partial charge is 0.223 e. The van der Waals surface area contributed by atoms with E-state index in [-0.39, 0.29) is 11.8 Å². The van der Waals surface area contributed by atoms with Crippen molar-refractivity contribution in [2.24, 2.45) is 5.92 Å². The number of benzene rings is 1. The summed E-state index contributed by atoms with van der Waals surface area (Å²) in [7, 11) is 0. The van der Waals surface area contributed by atoms with E-state index in [0.717, 1.165) is 44.9 Å². The molecule has 2 aliphatic rings. The lowest BCUT2D eigenvalue weighted by Gasteiger charge is -2.31. The summed E-state index contributed by atoms with van der Waals surface area (Å²) in [4.78, 5) is 15.0. The SMILES string of the molecule is Cc1ccc2c(-c3cn[nH]c3)c3n(c2c1Cl)CCN(C(=O)CC1COCCOC1)C3. The quantitative estimate of drug-likeness (QED) is 0.694. The lowest BCUT2D eigenvalue weighted by atomic mass is 10.0. The van der Waals surface area contributed by atoms with Gasteiger partial charge >= 0.3 is 0 Å². The van der Waals surface area contributed by atoms with E-state index in [1.807, 2.05) is 24.2 Å². The third-order valence-electron chi connectivity index (χ3n) is 6.08. The number of amides is 1. The van der Waals surface area contributed by atoms with Crippen molar-refractivity contribution in [3.8, 4) is 11.1 Å². The lowest BCUT2D eigenvalue weighted by Crippen LogP contribution is -2.39. The van der Waals surface area contributed by atoms with Crippen LogP contribution in [-0.2, 0) is 27.4 Å². The molecule has 0 bridgehead atoms. The molecule has 2 aliphatic heterocycles. The predicted octanol–water partition coefficient (Wildman–Crippen LogP) is 3.39. The van der Waals surface area contributed by atoms with E-state index >= 15 is 0 Å². The van der Waals surface area contributed by atoms with Crippen molar-refractivity contribution in [2.45, 2.75) is 26.4 Å². The van der Waals surface area contributed by atoms with E-state index in [2.05, 4.69) is 26.9 Å². The first-order valence-electron chi connectivity index (χ1n) is 10.4. The summed E-state index contributed by atoms with van der Waals surface area (Å²) in [6.07, 6.45) is 4.16. The number of halogens is 1. The van der Waals surface area contributed by atoms with Gasteiger partial charge in [-0.15, -0.1) is 0 Å². The first-order chi connectivity index (χ1) is 14.6. The van der Waals surface area contributed by atoms with Crippen LogP contribution in [0.4, 0.5) is 0 Å². The highest BCUT2D eigenvalue weighted by atomic mass is 35.5. The van der Waals surface area contributed by atoms with Gasteiger partial charge in [-0.1, -0.05) is 23.7 Å². The molecule has 158 valence electrons. The molecule has 0 radical (unpaired) electrons. The number of ether oxygens (including phenoxy) is 2. The van der Waals surface area contributed by atoms with Crippen LogP contribution in [0.15, 0.2) is 24.5 Å². The summed E-state index contributed by atoms with van der Waals surface area (Å²) in [5, 5.41) is 8.92. The zero-order valence-electron chi connectivity index (χ0n) is 17.0. The Bertz CT molecular complexity index is 1070. The summed E-state index contributed by atoms with van der Waals surface area (Å²) in [5.74, 6) is 0.254. The Balaban J connectivity index is 1.50. The number of nitrogens with one attached hydrogen (secondary N) is 1. The lowest BCUT2D eigenvalue weighted by molar-refractivity contribution is -0.134. The highest BCUT2D eigenvalue weighted by Gasteiger charge is 2.29. The minimum Gasteiger partial charge on any atom is -0.379 e. The van der Waals surface area contributed by atoms with Gasteiger partial charge in [0.15, 0.2) is 0 Å². The van der Waals surface area contributed by atoms with E-state index in [1.54, 1.807) is 0 Å². The zero-order valence-corrected chi connectivity index (χ0v) is 17.7. The predicted molar refractivity (Wildman–Crippen MR) is 114 cm³/mol. The van der Waals surface area contributed by atoms with Crippen LogP contribution in [0.1, 0.15) is 17.7 Å². The zero-order chi connectivity index (χ0) is 20.7. The van der Waals surface area contributed by atoms with Crippen molar-refractivity contribution in [1.29, 1.82) is 0 Å². The number of fused-ring (bicyclic) bond motifs is 3. The molecule has 0 atom stereocenters. The Hall–Kier alpha value is -2.35. The molecular weight excluding hydrogens is 404 g/mol. The van der Waals surface area contributed by atoms with Crippen LogP contribution in [0, 0.1) is 12.8 Å². The summed E-state index contributed by atoms with van der Waals surface area (Å²) < 4.78 is 13.4. The number of carbonyl (C=O) groups is 1. The molecule has 1 saturated heterocycles. The standard InChI is InChI=1S/C22H25ClN4O3/c1-14-2-3-17-20(16-9-24-25-10-16)18-11-26(4-5-27(18)22(17)21(14)23)19(28)8-15-12-29-6-7-30-13-15/h2-3,9-10,15H,4-8,11-13H2,1H3,(H,24,25). The van der Waals surface area contributed by atoms with Crippen LogP contribution in [0.25, 0.3) is 22.0 Å². The van der Waals surface area contributed by atoms with Crippen molar-refractivity contribution in [2.75, 3.05) is 33.0 Å². The second-order valence-corrected chi connectivity index (χ2v) is 8.47. The molecule has 3 aromatic rings. The van der Waals surface area contributed by atoms with Gasteiger partial charge in [0, 0.05) is 53.8 Å². The Morgan fingerprint density at radius 3 is 2.80 bits per heavy atom. The minimum absolute atomic E-state index is 0.109. The summed E-state index contributed by atoms with van der Waals surface area (Å²) in [6, 6.07) is 4.17. The monoisotopic (exact) mass is 428 g/mol. The number of carbonyl (C=O) groups excluding carboxylic acids is 1. The van der Waals surface area contributed by atoms with Gasteiger partial charge in [0.2, 0.25) is 5.91 Å². The van der Waals surface area contributed by atoms with Gasteiger partial charge in [-0.25, -0.2) is 0 Å². The molecule has 0 unspecified atom stereocenters. The fraction of sp³-hybridized carbons (Fsp3) is 0.455. The number of nitrogens with zero attached hydrogens (tertiary/aromatic N) is 3. The third-order valence-corrected chi connectivity index (χ3v) is 6.56. The molecule has 1 aromatic carbocycles. The second-order valence-electron chi connectivity index (χ2n) is 8.09. The van der Waals surface area contributed by atoms with Crippen LogP contribution in [0.3, 0.4) is 0 Å². The van der Waals surface area contributed by atoms with Crippen LogP contribution >= 0.6 is 11.6 Å². The van der Waals surface area contributed by atoms with Crippen molar-refractivity contribution in [1.82, 2.24) is 19.7 Å². The average molecular weight is 429 g/mol. The normalized spacial score (nSPS) is 17.9. The van der Waals surface area contributed by atoms with Gasteiger partial charge in [-0.3, -0.25) is 9.89 Å². The van der Waals surface area contributed by atoms with Crippen LogP contribution in [-0.4, -0.2) is 58.5 Å².